The molecule has 1 rings (SSSR count). The standard InChI is InChI=1S/C9H13NO3/c10-4-3-8(12)7-2-1-6(11)5-9(7)13/h1-2,5,8,11-13H,3-4,10H2/t8-/m1/s1. The highest BCUT2D eigenvalue weighted by Gasteiger charge is 2.11. The zero-order valence-corrected chi connectivity index (χ0v) is 7.14. The van der Waals surface area contributed by atoms with Crippen molar-refractivity contribution in [1.29, 1.82) is 0 Å². The lowest BCUT2D eigenvalue weighted by Crippen LogP contribution is -2.06. The second-order valence-corrected chi connectivity index (χ2v) is 2.84. The Morgan fingerprint density at radius 2 is 2.00 bits per heavy atom. The molecular formula is C9H13NO3. The summed E-state index contributed by atoms with van der Waals surface area (Å²) >= 11 is 0. The highest BCUT2D eigenvalue weighted by molar-refractivity contribution is 5.40. The monoisotopic (exact) mass is 183 g/mol. The third-order valence-electron chi connectivity index (χ3n) is 1.81. The van der Waals surface area contributed by atoms with E-state index in [1.54, 1.807) is 0 Å². The highest BCUT2D eigenvalue weighted by atomic mass is 16.3. The Balaban J connectivity index is 2.88. The number of hydrogen-bond donors (Lipinski definition) is 4. The lowest BCUT2D eigenvalue weighted by Gasteiger charge is -2.11. The van der Waals surface area contributed by atoms with Crippen LogP contribution in [0, 0.1) is 0 Å². The van der Waals surface area contributed by atoms with Crippen LogP contribution in [0.4, 0.5) is 0 Å². The average molecular weight is 183 g/mol. The van der Waals surface area contributed by atoms with Crippen LogP contribution >= 0.6 is 0 Å². The molecule has 72 valence electrons. The van der Waals surface area contributed by atoms with E-state index < -0.39 is 6.10 Å². The first kappa shape index (κ1) is 9.83. The summed E-state index contributed by atoms with van der Waals surface area (Å²) in [6.07, 6.45) is -0.385. The Morgan fingerprint density at radius 3 is 2.54 bits per heavy atom. The molecule has 1 atom stereocenters. The minimum Gasteiger partial charge on any atom is -0.508 e. The van der Waals surface area contributed by atoms with E-state index in [1.807, 2.05) is 0 Å². The van der Waals surface area contributed by atoms with Crippen LogP contribution in [0.3, 0.4) is 0 Å². The van der Waals surface area contributed by atoms with Crippen LogP contribution < -0.4 is 5.73 Å². The third kappa shape index (κ3) is 2.34. The average Bonchev–Trinajstić information content (AvgIpc) is 2.04. The number of aliphatic hydroxyl groups excluding tert-OH is 1. The van der Waals surface area contributed by atoms with E-state index in [0.29, 0.717) is 18.5 Å². The maximum absolute atomic E-state index is 9.47. The smallest absolute Gasteiger partial charge is 0.125 e. The molecular weight excluding hydrogens is 170 g/mol. The van der Waals surface area contributed by atoms with Crippen molar-refractivity contribution < 1.29 is 15.3 Å². The van der Waals surface area contributed by atoms with Crippen LogP contribution in [0.1, 0.15) is 18.1 Å². The van der Waals surface area contributed by atoms with E-state index in [4.69, 9.17) is 10.8 Å². The molecule has 1 aromatic rings. The summed E-state index contributed by atoms with van der Waals surface area (Å²) in [5, 5.41) is 27.8. The van der Waals surface area contributed by atoms with Crippen molar-refractivity contribution in [3.05, 3.63) is 23.8 Å². The molecule has 0 saturated carbocycles. The Labute approximate surface area is 76.2 Å². The second kappa shape index (κ2) is 4.11. The molecule has 4 nitrogen and oxygen atoms in total. The summed E-state index contributed by atoms with van der Waals surface area (Å²) < 4.78 is 0. The van der Waals surface area contributed by atoms with Crippen LogP contribution in [-0.2, 0) is 0 Å². The fourth-order valence-electron chi connectivity index (χ4n) is 1.13. The lowest BCUT2D eigenvalue weighted by atomic mass is 10.1. The van der Waals surface area contributed by atoms with Crippen LogP contribution in [0.15, 0.2) is 18.2 Å². The molecule has 0 bridgehead atoms. The van der Waals surface area contributed by atoms with Gasteiger partial charge in [-0.05, 0) is 25.1 Å². The van der Waals surface area contributed by atoms with Gasteiger partial charge in [0.2, 0.25) is 0 Å². The Hall–Kier alpha value is -1.26. The molecule has 1 aromatic carbocycles. The molecule has 5 N–H and O–H groups in total. The van der Waals surface area contributed by atoms with Gasteiger partial charge in [-0.15, -0.1) is 0 Å². The number of aliphatic hydroxyl groups is 1. The largest absolute Gasteiger partial charge is 0.508 e. The maximum atomic E-state index is 9.47. The van der Waals surface area contributed by atoms with Gasteiger partial charge in [0.1, 0.15) is 11.5 Å². The number of phenols is 2. The number of aromatic hydroxyl groups is 2. The third-order valence-corrected chi connectivity index (χ3v) is 1.81. The molecule has 0 unspecified atom stereocenters. The molecule has 0 radical (unpaired) electrons. The predicted octanol–water partition coefficient (Wildman–Crippen LogP) is 0.480. The maximum Gasteiger partial charge on any atom is 0.125 e. The predicted molar refractivity (Wildman–Crippen MR) is 48.4 cm³/mol. The molecule has 0 amide bonds. The summed E-state index contributed by atoms with van der Waals surface area (Å²) in [4.78, 5) is 0. The van der Waals surface area contributed by atoms with Crippen LogP contribution in [-0.4, -0.2) is 21.9 Å². The molecule has 0 aliphatic carbocycles. The Kier molecular flexibility index (Phi) is 3.11. The minimum absolute atomic E-state index is 0.0267. The van der Waals surface area contributed by atoms with Crippen molar-refractivity contribution >= 4 is 0 Å². The van der Waals surface area contributed by atoms with Gasteiger partial charge in [0.15, 0.2) is 0 Å². The molecule has 0 fully saturated rings. The minimum atomic E-state index is -0.773. The number of rotatable bonds is 3. The van der Waals surface area contributed by atoms with Crippen molar-refractivity contribution in [3.63, 3.8) is 0 Å². The molecule has 0 spiro atoms. The Morgan fingerprint density at radius 1 is 1.31 bits per heavy atom. The first-order valence-corrected chi connectivity index (χ1v) is 4.05. The van der Waals surface area contributed by atoms with Crippen molar-refractivity contribution in [2.75, 3.05) is 6.54 Å². The molecule has 4 heteroatoms. The fraction of sp³-hybridized carbons (Fsp3) is 0.333. The van der Waals surface area contributed by atoms with Crippen molar-refractivity contribution in [2.45, 2.75) is 12.5 Å². The van der Waals surface area contributed by atoms with Crippen molar-refractivity contribution in [2.24, 2.45) is 5.73 Å². The second-order valence-electron chi connectivity index (χ2n) is 2.84. The van der Waals surface area contributed by atoms with E-state index in [2.05, 4.69) is 0 Å². The van der Waals surface area contributed by atoms with Crippen LogP contribution in [0.25, 0.3) is 0 Å². The van der Waals surface area contributed by atoms with E-state index in [-0.39, 0.29) is 11.5 Å². The van der Waals surface area contributed by atoms with Gasteiger partial charge in [0.25, 0.3) is 0 Å². The van der Waals surface area contributed by atoms with E-state index >= 15 is 0 Å². The van der Waals surface area contributed by atoms with Crippen LogP contribution in [0.2, 0.25) is 0 Å². The van der Waals surface area contributed by atoms with Gasteiger partial charge >= 0.3 is 0 Å². The zero-order chi connectivity index (χ0) is 9.84. The van der Waals surface area contributed by atoms with Gasteiger partial charge in [-0.3, -0.25) is 0 Å². The summed E-state index contributed by atoms with van der Waals surface area (Å²) in [7, 11) is 0. The number of hydrogen-bond acceptors (Lipinski definition) is 4. The quantitative estimate of drug-likeness (QED) is 0.549. The Bertz CT molecular complexity index is 288. The lowest BCUT2D eigenvalue weighted by molar-refractivity contribution is 0.166. The van der Waals surface area contributed by atoms with Gasteiger partial charge < -0.3 is 21.1 Å². The summed E-state index contributed by atoms with van der Waals surface area (Å²) in [5.41, 5.74) is 5.65. The SMILES string of the molecule is NCC[C@@H](O)c1ccc(O)cc1O. The number of phenolic OH excluding ortho intramolecular Hbond substituents is 2. The zero-order valence-electron chi connectivity index (χ0n) is 7.14. The topological polar surface area (TPSA) is 86.7 Å². The fourth-order valence-corrected chi connectivity index (χ4v) is 1.13. The van der Waals surface area contributed by atoms with E-state index in [0.717, 1.165) is 0 Å². The van der Waals surface area contributed by atoms with Crippen LogP contribution in [0.5, 0.6) is 11.5 Å². The van der Waals surface area contributed by atoms with Gasteiger partial charge in [-0.25, -0.2) is 0 Å². The van der Waals surface area contributed by atoms with Crippen molar-refractivity contribution in [3.8, 4) is 11.5 Å². The molecule has 0 aliphatic heterocycles. The highest BCUT2D eigenvalue weighted by Crippen LogP contribution is 2.28. The molecule has 0 aromatic heterocycles. The summed E-state index contributed by atoms with van der Waals surface area (Å²) in [6.45, 7) is 0.349. The van der Waals surface area contributed by atoms with E-state index in [1.165, 1.54) is 18.2 Å². The molecule has 0 saturated heterocycles. The van der Waals surface area contributed by atoms with Gasteiger partial charge in [-0.1, -0.05) is 0 Å². The molecule has 0 aliphatic rings. The first-order chi connectivity index (χ1) is 6.15. The first-order valence-electron chi connectivity index (χ1n) is 4.05. The molecule has 0 heterocycles. The summed E-state index contributed by atoms with van der Waals surface area (Å²) in [5.74, 6) is -0.137. The van der Waals surface area contributed by atoms with Crippen molar-refractivity contribution in [1.82, 2.24) is 0 Å². The normalized spacial score (nSPS) is 12.8. The van der Waals surface area contributed by atoms with Gasteiger partial charge in [-0.2, -0.15) is 0 Å². The summed E-state index contributed by atoms with van der Waals surface area (Å²) in [6, 6.07) is 4.08. The number of nitrogens with two attached hydrogens (primary N) is 1. The van der Waals surface area contributed by atoms with Gasteiger partial charge in [0.05, 0.1) is 6.10 Å². The molecule has 13 heavy (non-hydrogen) atoms. The van der Waals surface area contributed by atoms with Gasteiger partial charge in [0, 0.05) is 11.6 Å². The number of benzene rings is 1. The van der Waals surface area contributed by atoms with E-state index in [9.17, 15) is 10.2 Å².